The van der Waals surface area contributed by atoms with Crippen LogP contribution in [0.4, 0.5) is 5.95 Å². The van der Waals surface area contributed by atoms with Gasteiger partial charge in [0, 0.05) is 30.1 Å². The molecule has 27 heavy (non-hydrogen) atoms. The normalized spacial score (nSPS) is 23.6. The third kappa shape index (κ3) is 3.54. The van der Waals surface area contributed by atoms with Crippen LogP contribution in [0.15, 0.2) is 4.79 Å². The molecule has 1 unspecified atom stereocenters. The van der Waals surface area contributed by atoms with Crippen LogP contribution in [0.25, 0.3) is 0 Å². The molecule has 150 valence electrons. The minimum absolute atomic E-state index is 0.0817. The molecule has 6 heteroatoms. The maximum atomic E-state index is 12.7. The van der Waals surface area contributed by atoms with Gasteiger partial charge in [-0.15, -0.1) is 0 Å². The number of hydrogen-bond acceptors (Lipinski definition) is 5. The second kappa shape index (κ2) is 7.92. The van der Waals surface area contributed by atoms with Crippen LogP contribution < -0.4 is 10.5 Å². The first-order valence-corrected chi connectivity index (χ1v) is 10.9. The molecule has 0 aromatic carbocycles. The van der Waals surface area contributed by atoms with Crippen LogP contribution in [0.1, 0.15) is 63.6 Å². The number of aromatic nitrogens is 2. The lowest BCUT2D eigenvalue weighted by Gasteiger charge is -2.42. The number of morpholine rings is 1. The van der Waals surface area contributed by atoms with Crippen molar-refractivity contribution >= 4 is 5.95 Å². The number of nitrogens with one attached hydrogen (secondary N) is 1. The first-order chi connectivity index (χ1) is 13.2. The number of anilines is 1. The van der Waals surface area contributed by atoms with Gasteiger partial charge in [-0.3, -0.25) is 9.78 Å². The number of likely N-dealkylation sites (tertiary alicyclic amines) is 1. The number of H-pyrrole nitrogens is 1. The quantitative estimate of drug-likeness (QED) is 0.858. The number of rotatable bonds is 5. The molecule has 1 spiro atoms. The van der Waals surface area contributed by atoms with Crippen LogP contribution in [0.2, 0.25) is 0 Å². The van der Waals surface area contributed by atoms with Gasteiger partial charge >= 0.3 is 0 Å². The van der Waals surface area contributed by atoms with Crippen LogP contribution in [0.5, 0.6) is 0 Å². The third-order valence-corrected chi connectivity index (χ3v) is 7.03. The fourth-order valence-electron chi connectivity index (χ4n) is 5.35. The van der Waals surface area contributed by atoms with Gasteiger partial charge < -0.3 is 14.5 Å². The second-order valence-electron chi connectivity index (χ2n) is 8.48. The first kappa shape index (κ1) is 18.9. The second-order valence-corrected chi connectivity index (χ2v) is 8.48. The van der Waals surface area contributed by atoms with E-state index in [9.17, 15) is 4.79 Å². The van der Waals surface area contributed by atoms with Crippen LogP contribution in [-0.2, 0) is 16.6 Å². The average Bonchev–Trinajstić information content (AvgIpc) is 3.06. The van der Waals surface area contributed by atoms with Crippen molar-refractivity contribution in [1.82, 2.24) is 14.9 Å². The van der Waals surface area contributed by atoms with Crippen molar-refractivity contribution in [2.45, 2.75) is 70.3 Å². The molecule has 6 nitrogen and oxygen atoms in total. The molecule has 0 saturated carbocycles. The summed E-state index contributed by atoms with van der Waals surface area (Å²) in [7, 11) is 0. The Morgan fingerprint density at radius 2 is 1.89 bits per heavy atom. The summed E-state index contributed by atoms with van der Waals surface area (Å²) in [5.41, 5.74) is 2.25. The molecule has 1 N–H and O–H groups in total. The number of piperidine rings is 1. The Hall–Kier alpha value is -1.40. The van der Waals surface area contributed by atoms with Crippen LogP contribution in [0.3, 0.4) is 0 Å². The van der Waals surface area contributed by atoms with E-state index >= 15 is 0 Å². The maximum Gasteiger partial charge on any atom is 0.255 e. The smallest absolute Gasteiger partial charge is 0.255 e. The van der Waals surface area contributed by atoms with E-state index in [1.54, 1.807) is 0 Å². The van der Waals surface area contributed by atoms with Crippen LogP contribution in [-0.4, -0.2) is 60.3 Å². The van der Waals surface area contributed by atoms with Gasteiger partial charge in [0.05, 0.1) is 18.9 Å². The van der Waals surface area contributed by atoms with Crippen molar-refractivity contribution in [3.63, 3.8) is 0 Å². The van der Waals surface area contributed by atoms with E-state index in [2.05, 4.69) is 28.6 Å². The highest BCUT2D eigenvalue weighted by atomic mass is 16.5. The molecular weight excluding hydrogens is 340 g/mol. The third-order valence-electron chi connectivity index (χ3n) is 7.03. The minimum Gasteiger partial charge on any atom is -0.378 e. The number of aromatic amines is 1. The van der Waals surface area contributed by atoms with Crippen molar-refractivity contribution in [2.24, 2.45) is 0 Å². The molecule has 2 fully saturated rings. The van der Waals surface area contributed by atoms with Crippen molar-refractivity contribution in [3.8, 4) is 0 Å². The van der Waals surface area contributed by atoms with Gasteiger partial charge in [-0.25, -0.2) is 4.98 Å². The molecule has 2 saturated heterocycles. The van der Waals surface area contributed by atoms with E-state index in [0.29, 0.717) is 19.3 Å². The Kier molecular flexibility index (Phi) is 5.55. The largest absolute Gasteiger partial charge is 0.378 e. The topological polar surface area (TPSA) is 61.5 Å². The summed E-state index contributed by atoms with van der Waals surface area (Å²) in [4.78, 5) is 25.7. The standard InChI is InChI=1S/C21H34N4O2/c1-3-5-16(4-2)24-10-8-21(9-11-24)7-6-17-18(21)22-20(23-19(17)26)25-12-14-27-15-13-25/h16H,3-15H2,1-2H3,(H,22,23,26). The summed E-state index contributed by atoms with van der Waals surface area (Å²) in [6, 6.07) is 0.712. The van der Waals surface area contributed by atoms with E-state index in [4.69, 9.17) is 9.72 Å². The average molecular weight is 375 g/mol. The predicted molar refractivity (Wildman–Crippen MR) is 108 cm³/mol. The van der Waals surface area contributed by atoms with Gasteiger partial charge in [-0.2, -0.15) is 0 Å². The molecule has 0 amide bonds. The lowest BCUT2D eigenvalue weighted by Crippen LogP contribution is -2.46. The zero-order chi connectivity index (χ0) is 18.9. The van der Waals surface area contributed by atoms with Gasteiger partial charge in [0.15, 0.2) is 0 Å². The van der Waals surface area contributed by atoms with Gasteiger partial charge in [0.25, 0.3) is 5.56 Å². The van der Waals surface area contributed by atoms with Gasteiger partial charge in [-0.05, 0) is 51.6 Å². The highest BCUT2D eigenvalue weighted by Crippen LogP contribution is 2.45. The summed E-state index contributed by atoms with van der Waals surface area (Å²) in [6.45, 7) is 9.89. The molecule has 1 aromatic heterocycles. The van der Waals surface area contributed by atoms with E-state index in [0.717, 1.165) is 69.1 Å². The molecule has 1 atom stereocenters. The Labute approximate surface area is 162 Å². The lowest BCUT2D eigenvalue weighted by molar-refractivity contribution is 0.104. The highest BCUT2D eigenvalue weighted by molar-refractivity contribution is 5.40. The molecule has 1 aliphatic carbocycles. The van der Waals surface area contributed by atoms with Crippen molar-refractivity contribution in [2.75, 3.05) is 44.3 Å². The number of hydrogen-bond donors (Lipinski definition) is 1. The molecule has 3 aliphatic rings. The SMILES string of the molecule is CCCC(CC)N1CCC2(CCc3c2nc(N2CCOCC2)[nH]c3=O)CC1. The Bertz CT molecular complexity index is 703. The summed E-state index contributed by atoms with van der Waals surface area (Å²) in [6.07, 6.45) is 8.02. The molecule has 1 aromatic rings. The number of ether oxygens (including phenoxy) is 1. The zero-order valence-corrected chi connectivity index (χ0v) is 16.9. The number of nitrogens with zero attached hydrogens (tertiary/aromatic N) is 3. The van der Waals surface area contributed by atoms with Crippen molar-refractivity contribution < 1.29 is 4.74 Å². The fraction of sp³-hybridized carbons (Fsp3) is 0.810. The Morgan fingerprint density at radius 1 is 1.15 bits per heavy atom. The minimum atomic E-state index is 0.0817. The summed E-state index contributed by atoms with van der Waals surface area (Å²) < 4.78 is 5.45. The molecular formula is C21H34N4O2. The molecule has 0 radical (unpaired) electrons. The van der Waals surface area contributed by atoms with Gasteiger partial charge in [-0.1, -0.05) is 20.3 Å². The van der Waals surface area contributed by atoms with Gasteiger partial charge in [0.1, 0.15) is 0 Å². The van der Waals surface area contributed by atoms with E-state index < -0.39 is 0 Å². The molecule has 0 bridgehead atoms. The summed E-state index contributed by atoms with van der Waals surface area (Å²) >= 11 is 0. The maximum absolute atomic E-state index is 12.7. The zero-order valence-electron chi connectivity index (χ0n) is 16.9. The summed E-state index contributed by atoms with van der Waals surface area (Å²) in [5, 5.41) is 0. The lowest BCUT2D eigenvalue weighted by atomic mass is 9.75. The van der Waals surface area contributed by atoms with Gasteiger partial charge in [0.2, 0.25) is 5.95 Å². The Morgan fingerprint density at radius 3 is 2.56 bits per heavy atom. The highest BCUT2D eigenvalue weighted by Gasteiger charge is 2.44. The van der Waals surface area contributed by atoms with Crippen molar-refractivity contribution in [1.29, 1.82) is 0 Å². The van der Waals surface area contributed by atoms with Crippen LogP contribution in [0, 0.1) is 0 Å². The van der Waals surface area contributed by atoms with Crippen LogP contribution >= 0.6 is 0 Å². The summed E-state index contributed by atoms with van der Waals surface area (Å²) in [5.74, 6) is 0.753. The molecule has 2 aliphatic heterocycles. The molecule has 4 rings (SSSR count). The fourth-order valence-corrected chi connectivity index (χ4v) is 5.35. The first-order valence-electron chi connectivity index (χ1n) is 10.9. The number of fused-ring (bicyclic) bond motifs is 2. The Balaban J connectivity index is 1.56. The van der Waals surface area contributed by atoms with Crippen molar-refractivity contribution in [3.05, 3.63) is 21.6 Å². The monoisotopic (exact) mass is 374 g/mol. The van der Waals surface area contributed by atoms with E-state index in [-0.39, 0.29) is 11.0 Å². The van der Waals surface area contributed by atoms with E-state index in [1.165, 1.54) is 19.3 Å². The molecule has 3 heterocycles. The predicted octanol–water partition coefficient (Wildman–Crippen LogP) is 2.47. The van der Waals surface area contributed by atoms with E-state index in [1.807, 2.05) is 0 Å².